The van der Waals surface area contributed by atoms with Gasteiger partial charge in [-0.3, -0.25) is 4.79 Å². The molecule has 166 valence electrons. The van der Waals surface area contributed by atoms with Crippen molar-refractivity contribution in [3.05, 3.63) is 35.8 Å². The van der Waals surface area contributed by atoms with Gasteiger partial charge in [-0.1, -0.05) is 0 Å². The molecule has 4 rings (SSSR count). The van der Waals surface area contributed by atoms with E-state index < -0.39 is 11.8 Å². The first-order chi connectivity index (χ1) is 14.9. The molecule has 1 saturated carbocycles. The summed E-state index contributed by atoms with van der Waals surface area (Å²) in [5.74, 6) is -1.35. The number of carboxylic acid groups (broad SMARTS) is 1. The van der Waals surface area contributed by atoms with Crippen LogP contribution in [0, 0.1) is 18.7 Å². The lowest BCUT2D eigenvalue weighted by molar-refractivity contribution is -0.141. The number of rotatable bonds is 6. The molecule has 1 aliphatic carbocycles. The fourth-order valence-electron chi connectivity index (χ4n) is 4.32. The van der Waals surface area contributed by atoms with Crippen molar-refractivity contribution in [1.29, 1.82) is 0 Å². The van der Waals surface area contributed by atoms with E-state index in [1.165, 1.54) is 5.69 Å². The van der Waals surface area contributed by atoms with E-state index in [2.05, 4.69) is 50.4 Å². The third kappa shape index (κ3) is 5.04. The first-order valence-corrected chi connectivity index (χ1v) is 10.7. The number of benzene rings is 1. The summed E-state index contributed by atoms with van der Waals surface area (Å²) in [6.07, 6.45) is 2.86. The van der Waals surface area contributed by atoms with E-state index in [1.807, 2.05) is 12.1 Å². The average Bonchev–Trinajstić information content (AvgIpc) is 3.21. The highest BCUT2D eigenvalue weighted by Gasteiger charge is 2.30. The quantitative estimate of drug-likeness (QED) is 0.646. The van der Waals surface area contributed by atoms with Gasteiger partial charge < -0.3 is 25.5 Å². The summed E-state index contributed by atoms with van der Waals surface area (Å²) in [4.78, 5) is 24.2. The van der Waals surface area contributed by atoms with E-state index in [9.17, 15) is 9.18 Å². The third-order valence-electron chi connectivity index (χ3n) is 6.16. The summed E-state index contributed by atoms with van der Waals surface area (Å²) >= 11 is 0. The number of nitrogens with one attached hydrogen (secondary N) is 2. The van der Waals surface area contributed by atoms with Crippen LogP contribution in [0.1, 0.15) is 24.8 Å². The Labute approximate surface area is 181 Å². The SMILES string of the molecule is Cc1cc(Nc2ncc(F)c(N[C@H]3CC[C@@H](C(=O)O)C3)n2)ccc1N1CCN(C)CC1. The summed E-state index contributed by atoms with van der Waals surface area (Å²) < 4.78 is 14.2. The molecule has 1 aliphatic heterocycles. The first-order valence-electron chi connectivity index (χ1n) is 10.7. The third-order valence-corrected chi connectivity index (χ3v) is 6.16. The number of hydrogen-bond donors (Lipinski definition) is 3. The van der Waals surface area contributed by atoms with Crippen LogP contribution in [0.3, 0.4) is 0 Å². The predicted molar refractivity (Wildman–Crippen MR) is 119 cm³/mol. The van der Waals surface area contributed by atoms with Crippen molar-refractivity contribution in [1.82, 2.24) is 14.9 Å². The lowest BCUT2D eigenvalue weighted by atomic mass is 10.1. The Morgan fingerprint density at radius 2 is 2.00 bits per heavy atom. The molecule has 31 heavy (non-hydrogen) atoms. The van der Waals surface area contributed by atoms with Crippen molar-refractivity contribution in [2.45, 2.75) is 32.2 Å². The summed E-state index contributed by atoms with van der Waals surface area (Å²) in [5, 5.41) is 15.4. The maximum absolute atomic E-state index is 14.2. The van der Waals surface area contributed by atoms with E-state index in [0.717, 1.165) is 43.6 Å². The van der Waals surface area contributed by atoms with E-state index in [4.69, 9.17) is 5.11 Å². The second kappa shape index (κ2) is 9.05. The van der Waals surface area contributed by atoms with Crippen LogP contribution in [0.25, 0.3) is 0 Å². The standard InChI is InChI=1S/C22H29FN6O2/c1-14-11-16(5-6-19(14)29-9-7-28(2)8-10-29)26-22-24-13-18(23)20(27-22)25-17-4-3-15(12-17)21(30)31/h5-6,11,13,15,17H,3-4,7-10,12H2,1-2H3,(H,30,31)(H2,24,25,26,27)/t15-,17+/m1/s1. The van der Waals surface area contributed by atoms with Crippen LogP contribution in [-0.2, 0) is 4.79 Å². The molecule has 1 saturated heterocycles. The number of carbonyl (C=O) groups is 1. The Balaban J connectivity index is 1.43. The molecule has 0 amide bonds. The fraction of sp³-hybridized carbons (Fsp3) is 0.500. The highest BCUT2D eigenvalue weighted by atomic mass is 19.1. The van der Waals surface area contributed by atoms with Gasteiger partial charge in [-0.25, -0.2) is 9.37 Å². The lowest BCUT2D eigenvalue weighted by Crippen LogP contribution is -2.44. The minimum atomic E-state index is -0.801. The summed E-state index contributed by atoms with van der Waals surface area (Å²) in [6.45, 7) is 6.18. The lowest BCUT2D eigenvalue weighted by Gasteiger charge is -2.35. The van der Waals surface area contributed by atoms with Gasteiger partial charge in [0, 0.05) is 43.6 Å². The smallest absolute Gasteiger partial charge is 0.306 e. The second-order valence-corrected chi connectivity index (χ2v) is 8.50. The van der Waals surface area contributed by atoms with E-state index >= 15 is 0 Å². The van der Waals surface area contributed by atoms with Crippen LogP contribution < -0.4 is 15.5 Å². The summed E-state index contributed by atoms with van der Waals surface area (Å²) in [7, 11) is 2.14. The van der Waals surface area contributed by atoms with Gasteiger partial charge in [0.15, 0.2) is 11.6 Å². The fourth-order valence-corrected chi connectivity index (χ4v) is 4.32. The molecule has 2 heterocycles. The van der Waals surface area contributed by atoms with Gasteiger partial charge in [0.25, 0.3) is 0 Å². The molecular weight excluding hydrogens is 399 g/mol. The van der Waals surface area contributed by atoms with Crippen molar-refractivity contribution >= 4 is 29.1 Å². The molecule has 1 aromatic heterocycles. The van der Waals surface area contributed by atoms with Crippen LogP contribution in [0.15, 0.2) is 24.4 Å². The minimum absolute atomic E-state index is 0.0966. The summed E-state index contributed by atoms with van der Waals surface area (Å²) in [6, 6.07) is 6.01. The van der Waals surface area contributed by atoms with Crippen molar-refractivity contribution in [2.24, 2.45) is 5.92 Å². The van der Waals surface area contributed by atoms with Gasteiger partial charge >= 0.3 is 5.97 Å². The van der Waals surface area contributed by atoms with Crippen LogP contribution in [0.4, 0.5) is 27.5 Å². The molecule has 2 atom stereocenters. The predicted octanol–water partition coefficient (Wildman–Crippen LogP) is 3.08. The van der Waals surface area contributed by atoms with Gasteiger partial charge in [-0.15, -0.1) is 0 Å². The minimum Gasteiger partial charge on any atom is -0.481 e. The molecule has 2 aromatic rings. The zero-order valence-electron chi connectivity index (χ0n) is 17.9. The highest BCUT2D eigenvalue weighted by molar-refractivity contribution is 5.70. The normalized spacial score (nSPS) is 21.8. The molecule has 2 fully saturated rings. The number of halogens is 1. The number of anilines is 4. The zero-order chi connectivity index (χ0) is 22.0. The van der Waals surface area contributed by atoms with Crippen LogP contribution in [-0.4, -0.2) is 65.2 Å². The van der Waals surface area contributed by atoms with Gasteiger partial charge in [0.05, 0.1) is 12.1 Å². The Bertz CT molecular complexity index is 948. The largest absolute Gasteiger partial charge is 0.481 e. The van der Waals surface area contributed by atoms with Gasteiger partial charge in [0.2, 0.25) is 5.95 Å². The van der Waals surface area contributed by atoms with Crippen molar-refractivity contribution in [3.8, 4) is 0 Å². The second-order valence-electron chi connectivity index (χ2n) is 8.50. The van der Waals surface area contributed by atoms with E-state index in [0.29, 0.717) is 25.2 Å². The molecule has 2 aliphatic rings. The number of carboxylic acids is 1. The zero-order valence-corrected chi connectivity index (χ0v) is 17.9. The molecule has 0 unspecified atom stereocenters. The summed E-state index contributed by atoms with van der Waals surface area (Å²) in [5.41, 5.74) is 3.20. The van der Waals surface area contributed by atoms with Gasteiger partial charge in [-0.2, -0.15) is 4.98 Å². The van der Waals surface area contributed by atoms with E-state index in [-0.39, 0.29) is 17.8 Å². The molecule has 1 aromatic carbocycles. The number of aliphatic carboxylic acids is 1. The van der Waals surface area contributed by atoms with Gasteiger partial charge in [-0.05, 0) is 57.0 Å². The number of likely N-dealkylation sites (N-methyl/N-ethyl adjacent to an activating group) is 1. The maximum atomic E-state index is 14.2. The monoisotopic (exact) mass is 428 g/mol. The van der Waals surface area contributed by atoms with Crippen molar-refractivity contribution in [2.75, 3.05) is 48.8 Å². The number of hydrogen-bond acceptors (Lipinski definition) is 7. The van der Waals surface area contributed by atoms with Crippen molar-refractivity contribution in [3.63, 3.8) is 0 Å². The number of nitrogens with zero attached hydrogens (tertiary/aromatic N) is 4. The van der Waals surface area contributed by atoms with Gasteiger partial charge in [0.1, 0.15) is 0 Å². The molecule has 0 spiro atoms. The molecule has 8 nitrogen and oxygen atoms in total. The van der Waals surface area contributed by atoms with Crippen molar-refractivity contribution < 1.29 is 14.3 Å². The Hall–Kier alpha value is -2.94. The number of aryl methyl sites for hydroxylation is 1. The Kier molecular flexibility index (Phi) is 6.22. The molecule has 3 N–H and O–H groups in total. The first kappa shape index (κ1) is 21.3. The topological polar surface area (TPSA) is 93.6 Å². The molecule has 0 radical (unpaired) electrons. The van der Waals surface area contributed by atoms with Crippen LogP contribution in [0.2, 0.25) is 0 Å². The maximum Gasteiger partial charge on any atom is 0.306 e. The molecular formula is C22H29FN6O2. The molecule has 0 bridgehead atoms. The number of piperazine rings is 1. The van der Waals surface area contributed by atoms with E-state index in [1.54, 1.807) is 0 Å². The van der Waals surface area contributed by atoms with Crippen LogP contribution in [0.5, 0.6) is 0 Å². The van der Waals surface area contributed by atoms with Crippen LogP contribution >= 0.6 is 0 Å². The Morgan fingerprint density at radius 3 is 2.68 bits per heavy atom. The molecule has 9 heteroatoms. The Morgan fingerprint density at radius 1 is 1.23 bits per heavy atom. The average molecular weight is 429 g/mol. The number of aromatic nitrogens is 2. The highest BCUT2D eigenvalue weighted by Crippen LogP contribution is 2.29.